The molecule has 0 heterocycles. The number of nitrogens with zero attached hydrogens (tertiary/aromatic N) is 1. The summed E-state index contributed by atoms with van der Waals surface area (Å²) in [4.78, 5) is 0. The summed E-state index contributed by atoms with van der Waals surface area (Å²) in [5, 5.41) is 9.57. The second-order valence-electron chi connectivity index (χ2n) is 5.43. The average Bonchev–Trinajstić information content (AvgIpc) is 2.55. The number of hydrogen-bond donors (Lipinski definition) is 0. The monoisotopic (exact) mass is 295 g/mol. The van der Waals surface area contributed by atoms with Crippen LogP contribution in [0.1, 0.15) is 28.2 Å². The minimum absolute atomic E-state index is 0.208. The molecule has 1 unspecified atom stereocenters. The Labute approximate surface area is 132 Å². The predicted octanol–water partition coefficient (Wildman–Crippen LogP) is 4.17. The van der Waals surface area contributed by atoms with Crippen molar-refractivity contribution in [2.24, 2.45) is 0 Å². The van der Waals surface area contributed by atoms with Crippen LogP contribution < -0.4 is 9.47 Å². The Kier molecular flexibility index (Phi) is 5.06. The lowest BCUT2D eigenvalue weighted by Gasteiger charge is -2.15. The van der Waals surface area contributed by atoms with Crippen molar-refractivity contribution in [1.82, 2.24) is 0 Å². The lowest BCUT2D eigenvalue weighted by Crippen LogP contribution is -2.03. The number of methoxy groups -OCH3 is 2. The zero-order chi connectivity index (χ0) is 16.1. The highest BCUT2D eigenvalue weighted by Crippen LogP contribution is 2.32. The van der Waals surface area contributed by atoms with Crippen LogP contribution in [0.3, 0.4) is 0 Å². The molecule has 0 radical (unpaired) electrons. The van der Waals surface area contributed by atoms with E-state index in [4.69, 9.17) is 9.47 Å². The quantitative estimate of drug-likeness (QED) is 0.831. The van der Waals surface area contributed by atoms with E-state index in [9.17, 15) is 5.26 Å². The first-order valence-corrected chi connectivity index (χ1v) is 7.26. The fourth-order valence-electron chi connectivity index (χ4n) is 2.55. The van der Waals surface area contributed by atoms with Gasteiger partial charge in [-0.15, -0.1) is 0 Å². The molecule has 2 aromatic carbocycles. The third-order valence-electron chi connectivity index (χ3n) is 3.89. The minimum atomic E-state index is -0.208. The number of nitriles is 1. The van der Waals surface area contributed by atoms with E-state index in [0.717, 1.165) is 5.56 Å². The lowest BCUT2D eigenvalue weighted by molar-refractivity contribution is 0.354. The van der Waals surface area contributed by atoms with Crippen molar-refractivity contribution in [3.63, 3.8) is 0 Å². The Morgan fingerprint density at radius 3 is 2.36 bits per heavy atom. The molecule has 0 spiro atoms. The van der Waals surface area contributed by atoms with Gasteiger partial charge in [0.15, 0.2) is 11.5 Å². The molecule has 3 heteroatoms. The first-order valence-electron chi connectivity index (χ1n) is 7.26. The number of hydrogen-bond acceptors (Lipinski definition) is 3. The Morgan fingerprint density at radius 2 is 1.73 bits per heavy atom. The zero-order valence-electron chi connectivity index (χ0n) is 13.5. The summed E-state index contributed by atoms with van der Waals surface area (Å²) in [6, 6.07) is 14.4. The van der Waals surface area contributed by atoms with Gasteiger partial charge in [0.2, 0.25) is 0 Å². The summed E-state index contributed by atoms with van der Waals surface area (Å²) in [6.07, 6.45) is 0.694. The normalized spacial score (nSPS) is 11.6. The summed E-state index contributed by atoms with van der Waals surface area (Å²) in [5.74, 6) is 1.12. The Morgan fingerprint density at radius 1 is 1.00 bits per heavy atom. The molecule has 22 heavy (non-hydrogen) atoms. The van der Waals surface area contributed by atoms with Gasteiger partial charge >= 0.3 is 0 Å². The van der Waals surface area contributed by atoms with Crippen LogP contribution in [0.15, 0.2) is 36.4 Å². The van der Waals surface area contributed by atoms with E-state index in [2.05, 4.69) is 38.1 Å². The van der Waals surface area contributed by atoms with Gasteiger partial charge in [-0.2, -0.15) is 5.26 Å². The third-order valence-corrected chi connectivity index (χ3v) is 3.89. The van der Waals surface area contributed by atoms with E-state index < -0.39 is 0 Å². The summed E-state index contributed by atoms with van der Waals surface area (Å²) in [6.45, 7) is 4.15. The summed E-state index contributed by atoms with van der Waals surface area (Å²) < 4.78 is 10.6. The molecule has 0 aromatic heterocycles. The maximum Gasteiger partial charge on any atom is 0.161 e. The van der Waals surface area contributed by atoms with E-state index in [1.807, 2.05) is 18.2 Å². The molecule has 0 aliphatic rings. The minimum Gasteiger partial charge on any atom is -0.493 e. The smallest absolute Gasteiger partial charge is 0.161 e. The number of aryl methyl sites for hydroxylation is 2. The number of benzene rings is 2. The van der Waals surface area contributed by atoms with Crippen LogP contribution >= 0.6 is 0 Å². The number of ether oxygens (including phenoxy) is 2. The molecule has 114 valence electrons. The van der Waals surface area contributed by atoms with Crippen LogP contribution in [0, 0.1) is 25.2 Å². The van der Waals surface area contributed by atoms with Crippen molar-refractivity contribution in [1.29, 1.82) is 5.26 Å². The topological polar surface area (TPSA) is 42.2 Å². The van der Waals surface area contributed by atoms with Crippen molar-refractivity contribution in [2.75, 3.05) is 14.2 Å². The molecule has 1 atom stereocenters. The van der Waals surface area contributed by atoms with Gasteiger partial charge in [0.05, 0.1) is 26.2 Å². The molecule has 0 fully saturated rings. The largest absolute Gasteiger partial charge is 0.493 e. The standard InChI is InChI=1S/C19H21NO2/c1-13-5-6-14(2)16(9-13)10-17(12-20)15-7-8-18(21-3)19(11-15)22-4/h5-9,11,17H,10H2,1-4H3. The fourth-order valence-corrected chi connectivity index (χ4v) is 2.55. The van der Waals surface area contributed by atoms with Crippen molar-refractivity contribution < 1.29 is 9.47 Å². The van der Waals surface area contributed by atoms with Gasteiger partial charge < -0.3 is 9.47 Å². The number of rotatable bonds is 5. The van der Waals surface area contributed by atoms with Crippen molar-refractivity contribution >= 4 is 0 Å². The van der Waals surface area contributed by atoms with Gasteiger partial charge in [-0.05, 0) is 49.1 Å². The highest BCUT2D eigenvalue weighted by Gasteiger charge is 2.15. The Hall–Kier alpha value is -2.47. The molecule has 0 saturated heterocycles. The van der Waals surface area contributed by atoms with Gasteiger partial charge in [0, 0.05) is 0 Å². The molecule has 3 nitrogen and oxygen atoms in total. The van der Waals surface area contributed by atoms with E-state index in [0.29, 0.717) is 17.9 Å². The highest BCUT2D eigenvalue weighted by molar-refractivity contribution is 5.45. The highest BCUT2D eigenvalue weighted by atomic mass is 16.5. The molecule has 0 aliphatic heterocycles. The first-order chi connectivity index (χ1) is 10.6. The van der Waals surface area contributed by atoms with Gasteiger partial charge in [-0.3, -0.25) is 0 Å². The lowest BCUT2D eigenvalue weighted by atomic mass is 9.90. The summed E-state index contributed by atoms with van der Waals surface area (Å²) >= 11 is 0. The van der Waals surface area contributed by atoms with Gasteiger partial charge in [-0.1, -0.05) is 29.8 Å². The first kappa shape index (κ1) is 15.9. The van der Waals surface area contributed by atoms with Crippen molar-refractivity contribution in [2.45, 2.75) is 26.2 Å². The molecular weight excluding hydrogens is 274 g/mol. The molecule has 0 bridgehead atoms. The van der Waals surface area contributed by atoms with E-state index in [1.165, 1.54) is 16.7 Å². The van der Waals surface area contributed by atoms with Crippen LogP contribution in [-0.2, 0) is 6.42 Å². The van der Waals surface area contributed by atoms with E-state index in [-0.39, 0.29) is 5.92 Å². The third kappa shape index (κ3) is 3.40. The van der Waals surface area contributed by atoms with Gasteiger partial charge in [0.1, 0.15) is 0 Å². The van der Waals surface area contributed by atoms with Gasteiger partial charge in [0.25, 0.3) is 0 Å². The Bertz CT molecular complexity index is 701. The van der Waals surface area contributed by atoms with Crippen LogP contribution in [0.4, 0.5) is 0 Å². The average molecular weight is 295 g/mol. The summed E-state index contributed by atoms with van der Waals surface area (Å²) in [5.41, 5.74) is 4.58. The maximum atomic E-state index is 9.57. The van der Waals surface area contributed by atoms with Crippen molar-refractivity contribution in [3.05, 3.63) is 58.7 Å². The van der Waals surface area contributed by atoms with E-state index in [1.54, 1.807) is 14.2 Å². The van der Waals surface area contributed by atoms with E-state index >= 15 is 0 Å². The molecule has 2 aromatic rings. The molecule has 0 N–H and O–H groups in total. The molecular formula is C19H21NO2. The second-order valence-corrected chi connectivity index (χ2v) is 5.43. The maximum absolute atomic E-state index is 9.57. The Balaban J connectivity index is 2.33. The molecule has 2 rings (SSSR count). The van der Waals surface area contributed by atoms with Crippen LogP contribution in [0.25, 0.3) is 0 Å². The molecule has 0 aliphatic carbocycles. The van der Waals surface area contributed by atoms with Crippen LogP contribution in [0.2, 0.25) is 0 Å². The molecule has 0 amide bonds. The molecule has 0 saturated carbocycles. The summed E-state index contributed by atoms with van der Waals surface area (Å²) in [7, 11) is 3.21. The fraction of sp³-hybridized carbons (Fsp3) is 0.316. The zero-order valence-corrected chi connectivity index (χ0v) is 13.5. The SMILES string of the molecule is COc1ccc(C(C#N)Cc2cc(C)ccc2C)cc1OC. The predicted molar refractivity (Wildman–Crippen MR) is 87.5 cm³/mol. The van der Waals surface area contributed by atoms with Gasteiger partial charge in [-0.25, -0.2) is 0 Å². The second kappa shape index (κ2) is 7.00. The van der Waals surface area contributed by atoms with Crippen LogP contribution in [-0.4, -0.2) is 14.2 Å². The van der Waals surface area contributed by atoms with Crippen LogP contribution in [0.5, 0.6) is 11.5 Å². The van der Waals surface area contributed by atoms with Crippen molar-refractivity contribution in [3.8, 4) is 17.6 Å².